The molecule has 1 amide bonds. The Labute approximate surface area is 168 Å². The summed E-state index contributed by atoms with van der Waals surface area (Å²) >= 11 is 3.37. The third-order valence-electron chi connectivity index (χ3n) is 4.26. The lowest BCUT2D eigenvalue weighted by molar-refractivity contribution is -0.116. The van der Waals surface area contributed by atoms with Crippen LogP contribution in [0.15, 0.2) is 69.9 Å². The quantitative estimate of drug-likeness (QED) is 0.531. The molecule has 8 heteroatoms. The van der Waals surface area contributed by atoms with Crippen LogP contribution in [0.4, 0.5) is 5.69 Å². The standard InChI is InChI=1S/C20H16BrN5O2/c1-13-11-18(28)26-20(23-19(24-26)14-5-3-2-4-6-14)25(13)12-17(27)22-16-9-7-15(21)8-10-16/h2-11H,12H2,1H3,(H,22,27). The molecule has 1 N–H and O–H groups in total. The number of benzene rings is 2. The summed E-state index contributed by atoms with van der Waals surface area (Å²) in [5.41, 5.74) is 1.84. The fourth-order valence-electron chi connectivity index (χ4n) is 2.88. The molecule has 0 radical (unpaired) electrons. The number of aryl methyl sites for hydroxylation is 1. The maximum Gasteiger partial charge on any atom is 0.275 e. The monoisotopic (exact) mass is 437 g/mol. The molecule has 0 spiro atoms. The number of carbonyl (C=O) groups is 1. The van der Waals surface area contributed by atoms with Crippen molar-refractivity contribution in [3.63, 3.8) is 0 Å². The van der Waals surface area contributed by atoms with E-state index in [2.05, 4.69) is 31.3 Å². The molecular weight excluding hydrogens is 422 g/mol. The molecule has 2 aromatic carbocycles. The fraction of sp³-hybridized carbons (Fsp3) is 0.100. The molecule has 0 bridgehead atoms. The van der Waals surface area contributed by atoms with E-state index in [0.717, 1.165) is 10.0 Å². The number of halogens is 1. The lowest BCUT2D eigenvalue weighted by atomic mass is 10.2. The van der Waals surface area contributed by atoms with Crippen molar-refractivity contribution in [2.24, 2.45) is 0 Å². The third kappa shape index (κ3) is 3.59. The van der Waals surface area contributed by atoms with Crippen LogP contribution in [-0.2, 0) is 11.3 Å². The summed E-state index contributed by atoms with van der Waals surface area (Å²) in [6.45, 7) is 1.78. The zero-order valence-corrected chi connectivity index (χ0v) is 16.5. The Morgan fingerprint density at radius 3 is 2.54 bits per heavy atom. The molecular formula is C20H16BrN5O2. The van der Waals surface area contributed by atoms with Crippen molar-refractivity contribution in [2.75, 3.05) is 5.32 Å². The number of nitrogens with zero attached hydrogens (tertiary/aromatic N) is 4. The lowest BCUT2D eigenvalue weighted by Gasteiger charge is -2.11. The van der Waals surface area contributed by atoms with Crippen molar-refractivity contribution >= 4 is 33.3 Å². The number of amides is 1. The van der Waals surface area contributed by atoms with Crippen LogP contribution in [0.3, 0.4) is 0 Å². The molecule has 7 nitrogen and oxygen atoms in total. The van der Waals surface area contributed by atoms with Gasteiger partial charge in [-0.1, -0.05) is 46.3 Å². The van der Waals surface area contributed by atoms with E-state index >= 15 is 0 Å². The van der Waals surface area contributed by atoms with Crippen LogP contribution in [-0.4, -0.2) is 25.1 Å². The maximum absolute atomic E-state index is 12.5. The van der Waals surface area contributed by atoms with Gasteiger partial charge in [-0.3, -0.25) is 9.59 Å². The van der Waals surface area contributed by atoms with Gasteiger partial charge >= 0.3 is 0 Å². The van der Waals surface area contributed by atoms with Gasteiger partial charge in [0, 0.05) is 27.5 Å². The van der Waals surface area contributed by atoms with E-state index in [1.807, 2.05) is 42.5 Å². The Hall–Kier alpha value is -3.26. The van der Waals surface area contributed by atoms with Gasteiger partial charge in [-0.05, 0) is 31.2 Å². The minimum absolute atomic E-state index is 0.0125. The van der Waals surface area contributed by atoms with Crippen LogP contribution in [0.2, 0.25) is 0 Å². The fourth-order valence-corrected chi connectivity index (χ4v) is 3.15. The van der Waals surface area contributed by atoms with Gasteiger partial charge in [-0.25, -0.2) is 0 Å². The zero-order chi connectivity index (χ0) is 19.7. The Morgan fingerprint density at radius 2 is 1.82 bits per heavy atom. The maximum atomic E-state index is 12.5. The molecule has 140 valence electrons. The van der Waals surface area contributed by atoms with Crippen LogP contribution >= 0.6 is 15.9 Å². The molecule has 0 aliphatic heterocycles. The number of carbonyl (C=O) groups excluding carboxylic acids is 1. The summed E-state index contributed by atoms with van der Waals surface area (Å²) in [6.07, 6.45) is 0. The normalized spacial score (nSPS) is 10.9. The van der Waals surface area contributed by atoms with Crippen LogP contribution in [0.1, 0.15) is 5.69 Å². The summed E-state index contributed by atoms with van der Waals surface area (Å²) in [5, 5.41) is 7.17. The second-order valence-electron chi connectivity index (χ2n) is 6.28. The number of nitrogens with one attached hydrogen (secondary N) is 1. The molecule has 0 saturated carbocycles. The summed E-state index contributed by atoms with van der Waals surface area (Å²) in [6, 6.07) is 18.2. The molecule has 4 rings (SSSR count). The molecule has 0 fully saturated rings. The van der Waals surface area contributed by atoms with Crippen LogP contribution in [0.5, 0.6) is 0 Å². The third-order valence-corrected chi connectivity index (χ3v) is 4.79. The van der Waals surface area contributed by atoms with E-state index in [1.54, 1.807) is 23.6 Å². The molecule has 2 aromatic heterocycles. The van der Waals surface area contributed by atoms with Crippen LogP contribution < -0.4 is 10.9 Å². The molecule has 0 aliphatic carbocycles. The van der Waals surface area contributed by atoms with Gasteiger partial charge in [0.2, 0.25) is 11.7 Å². The first-order valence-corrected chi connectivity index (χ1v) is 9.38. The van der Waals surface area contributed by atoms with Gasteiger partial charge in [-0.15, -0.1) is 5.10 Å². The van der Waals surface area contributed by atoms with Gasteiger partial charge < -0.3 is 9.88 Å². The molecule has 2 heterocycles. The van der Waals surface area contributed by atoms with Crippen molar-refractivity contribution < 1.29 is 4.79 Å². The van der Waals surface area contributed by atoms with E-state index in [4.69, 9.17) is 0 Å². The van der Waals surface area contributed by atoms with E-state index < -0.39 is 0 Å². The zero-order valence-electron chi connectivity index (χ0n) is 15.0. The molecule has 4 aromatic rings. The van der Waals surface area contributed by atoms with E-state index in [9.17, 15) is 9.59 Å². The summed E-state index contributed by atoms with van der Waals surface area (Å²) in [7, 11) is 0. The molecule has 0 saturated heterocycles. The molecule has 28 heavy (non-hydrogen) atoms. The first-order chi connectivity index (χ1) is 13.5. The average Bonchev–Trinajstić information content (AvgIpc) is 3.14. The Morgan fingerprint density at radius 1 is 1.11 bits per heavy atom. The smallest absolute Gasteiger partial charge is 0.275 e. The van der Waals surface area contributed by atoms with Gasteiger partial charge in [-0.2, -0.15) is 9.50 Å². The molecule has 0 aliphatic rings. The first-order valence-electron chi connectivity index (χ1n) is 8.59. The molecule has 0 atom stereocenters. The summed E-state index contributed by atoms with van der Waals surface area (Å²) in [4.78, 5) is 29.4. The highest BCUT2D eigenvalue weighted by molar-refractivity contribution is 9.10. The minimum Gasteiger partial charge on any atom is -0.325 e. The number of fused-ring (bicyclic) bond motifs is 1. The van der Waals surface area contributed by atoms with Crippen molar-refractivity contribution in [1.29, 1.82) is 0 Å². The Balaban J connectivity index is 1.70. The van der Waals surface area contributed by atoms with Crippen molar-refractivity contribution in [2.45, 2.75) is 13.5 Å². The second-order valence-corrected chi connectivity index (χ2v) is 7.19. The largest absolute Gasteiger partial charge is 0.325 e. The summed E-state index contributed by atoms with van der Waals surface area (Å²) < 4.78 is 3.83. The van der Waals surface area contributed by atoms with E-state index in [1.165, 1.54) is 10.6 Å². The Bertz CT molecular complexity index is 1210. The second kappa shape index (κ2) is 7.40. The van der Waals surface area contributed by atoms with Crippen LogP contribution in [0.25, 0.3) is 17.2 Å². The van der Waals surface area contributed by atoms with Crippen molar-refractivity contribution in [1.82, 2.24) is 19.2 Å². The van der Waals surface area contributed by atoms with Gasteiger partial charge in [0.05, 0.1) is 0 Å². The SMILES string of the molecule is Cc1cc(=O)n2nc(-c3ccccc3)nc2n1CC(=O)Nc1ccc(Br)cc1. The van der Waals surface area contributed by atoms with Crippen molar-refractivity contribution in [3.8, 4) is 11.4 Å². The van der Waals surface area contributed by atoms with E-state index in [0.29, 0.717) is 23.0 Å². The highest BCUT2D eigenvalue weighted by atomic mass is 79.9. The molecule has 0 unspecified atom stereocenters. The lowest BCUT2D eigenvalue weighted by Crippen LogP contribution is -2.25. The highest BCUT2D eigenvalue weighted by Crippen LogP contribution is 2.16. The number of aromatic nitrogens is 4. The Kier molecular flexibility index (Phi) is 4.79. The number of hydrogen-bond acceptors (Lipinski definition) is 4. The summed E-state index contributed by atoms with van der Waals surface area (Å²) in [5.74, 6) is 0.542. The first kappa shape index (κ1) is 18.1. The number of rotatable bonds is 4. The topological polar surface area (TPSA) is 81.3 Å². The van der Waals surface area contributed by atoms with Crippen LogP contribution in [0, 0.1) is 6.92 Å². The van der Waals surface area contributed by atoms with Crippen molar-refractivity contribution in [3.05, 3.63) is 81.2 Å². The average molecular weight is 438 g/mol. The highest BCUT2D eigenvalue weighted by Gasteiger charge is 2.15. The number of hydrogen-bond donors (Lipinski definition) is 1. The van der Waals surface area contributed by atoms with E-state index in [-0.39, 0.29) is 18.0 Å². The predicted octanol–water partition coefficient (Wildman–Crippen LogP) is 3.27. The van der Waals surface area contributed by atoms with Gasteiger partial charge in [0.1, 0.15) is 6.54 Å². The predicted molar refractivity (Wildman–Crippen MR) is 110 cm³/mol. The van der Waals surface area contributed by atoms with Gasteiger partial charge in [0.25, 0.3) is 5.56 Å². The minimum atomic E-state index is -0.285. The van der Waals surface area contributed by atoms with Gasteiger partial charge in [0.15, 0.2) is 5.82 Å². The number of anilines is 1.